The molecule has 6 nitrogen and oxygen atoms in total. The molecule has 0 amide bonds. The molecule has 136 valence electrons. The van der Waals surface area contributed by atoms with E-state index in [0.717, 1.165) is 44.4 Å². The Kier molecular flexibility index (Phi) is 7.07. The van der Waals surface area contributed by atoms with Gasteiger partial charge in [0.2, 0.25) is 5.16 Å². The van der Waals surface area contributed by atoms with Crippen LogP contribution in [0, 0.1) is 0 Å². The highest BCUT2D eigenvalue weighted by Crippen LogP contribution is 2.34. The Morgan fingerprint density at radius 3 is 2.58 bits per heavy atom. The number of aromatic nitrogens is 4. The van der Waals surface area contributed by atoms with Crippen molar-refractivity contribution in [3.63, 3.8) is 0 Å². The number of tetrazole rings is 1. The normalized spacial score (nSPS) is 10.9. The molecular formula is C17H17Br2N5OS. The Hall–Kier alpha value is -1.42. The monoisotopic (exact) mass is 497 g/mol. The number of methoxy groups -OCH3 is 1. The first-order chi connectivity index (χ1) is 12.7. The first kappa shape index (κ1) is 19.3. The molecule has 0 aliphatic rings. The Morgan fingerprint density at radius 2 is 1.88 bits per heavy atom. The van der Waals surface area contributed by atoms with E-state index in [0.29, 0.717) is 0 Å². The molecule has 0 radical (unpaired) electrons. The van der Waals surface area contributed by atoms with Gasteiger partial charge in [0.05, 0.1) is 21.7 Å². The molecule has 1 N–H and O–H groups in total. The van der Waals surface area contributed by atoms with Crippen LogP contribution in [0.15, 0.2) is 56.6 Å². The van der Waals surface area contributed by atoms with Crippen LogP contribution in [0.3, 0.4) is 0 Å². The maximum Gasteiger partial charge on any atom is 0.214 e. The Labute approximate surface area is 173 Å². The van der Waals surface area contributed by atoms with E-state index in [1.54, 1.807) is 23.6 Å². The van der Waals surface area contributed by atoms with E-state index in [4.69, 9.17) is 4.74 Å². The van der Waals surface area contributed by atoms with Crippen LogP contribution in [0.5, 0.6) is 5.75 Å². The molecule has 0 bridgehead atoms. The second kappa shape index (κ2) is 9.50. The van der Waals surface area contributed by atoms with Crippen LogP contribution in [0.2, 0.25) is 0 Å². The number of thioether (sulfide) groups is 1. The lowest BCUT2D eigenvalue weighted by atomic mass is 10.2. The summed E-state index contributed by atoms with van der Waals surface area (Å²) in [5.74, 6) is 1.67. The molecule has 0 fully saturated rings. The standard InChI is InChI=1S/C17H17Br2N5OS/c1-25-16-14(18)9-12(10-15(16)19)11-20-7-8-26-17-21-22-23-24(17)13-5-3-2-4-6-13/h2-6,9-10,20H,7-8,11H2,1H3. The molecule has 0 aliphatic carbocycles. The van der Waals surface area contributed by atoms with Crippen LogP contribution in [-0.2, 0) is 6.54 Å². The minimum absolute atomic E-state index is 0.769. The summed E-state index contributed by atoms with van der Waals surface area (Å²) in [6.45, 7) is 1.61. The number of ether oxygens (including phenoxy) is 1. The van der Waals surface area contributed by atoms with Crippen molar-refractivity contribution in [1.29, 1.82) is 0 Å². The summed E-state index contributed by atoms with van der Waals surface area (Å²) in [5.41, 5.74) is 2.13. The zero-order valence-corrected chi connectivity index (χ0v) is 18.0. The quantitative estimate of drug-likeness (QED) is 0.373. The van der Waals surface area contributed by atoms with Crippen LogP contribution in [0.1, 0.15) is 5.56 Å². The predicted molar refractivity (Wildman–Crippen MR) is 110 cm³/mol. The van der Waals surface area contributed by atoms with Gasteiger partial charge in [-0.3, -0.25) is 0 Å². The van der Waals surface area contributed by atoms with Gasteiger partial charge in [-0.1, -0.05) is 30.0 Å². The minimum Gasteiger partial charge on any atom is -0.494 e. The largest absolute Gasteiger partial charge is 0.494 e. The van der Waals surface area contributed by atoms with Crippen molar-refractivity contribution in [2.24, 2.45) is 0 Å². The van der Waals surface area contributed by atoms with Crippen molar-refractivity contribution in [3.05, 3.63) is 57.0 Å². The SMILES string of the molecule is COc1c(Br)cc(CNCCSc2nnnn2-c2ccccc2)cc1Br. The van der Waals surface area contributed by atoms with Gasteiger partial charge in [0.1, 0.15) is 5.75 Å². The Morgan fingerprint density at radius 1 is 1.15 bits per heavy atom. The molecule has 0 saturated heterocycles. The third-order valence-corrected chi connectivity index (χ3v) is 5.64. The smallest absolute Gasteiger partial charge is 0.214 e. The Bertz CT molecular complexity index is 836. The lowest BCUT2D eigenvalue weighted by molar-refractivity contribution is 0.409. The van der Waals surface area contributed by atoms with Gasteiger partial charge in [-0.2, -0.15) is 4.68 Å². The van der Waals surface area contributed by atoms with Gasteiger partial charge in [0.25, 0.3) is 0 Å². The lowest BCUT2D eigenvalue weighted by Gasteiger charge is -2.10. The molecule has 2 aromatic carbocycles. The van der Waals surface area contributed by atoms with Gasteiger partial charge >= 0.3 is 0 Å². The molecule has 0 saturated carbocycles. The number of hydrogen-bond acceptors (Lipinski definition) is 6. The number of rotatable bonds is 8. The Balaban J connectivity index is 1.49. The maximum atomic E-state index is 5.32. The first-order valence-electron chi connectivity index (χ1n) is 7.88. The fourth-order valence-corrected chi connectivity index (χ4v) is 4.75. The zero-order valence-electron chi connectivity index (χ0n) is 14.0. The molecule has 9 heteroatoms. The van der Waals surface area contributed by atoms with Crippen molar-refractivity contribution in [3.8, 4) is 11.4 Å². The van der Waals surface area contributed by atoms with Crippen LogP contribution in [-0.4, -0.2) is 39.6 Å². The first-order valence-corrected chi connectivity index (χ1v) is 10.5. The summed E-state index contributed by atoms with van der Waals surface area (Å²) in [7, 11) is 1.66. The maximum absolute atomic E-state index is 5.32. The number of benzene rings is 2. The van der Waals surface area contributed by atoms with Crippen molar-refractivity contribution in [2.75, 3.05) is 19.4 Å². The molecule has 0 aliphatic heterocycles. The molecular weight excluding hydrogens is 482 g/mol. The molecule has 1 aromatic heterocycles. The van der Waals surface area contributed by atoms with Crippen molar-refractivity contribution < 1.29 is 4.74 Å². The average molecular weight is 499 g/mol. The van der Waals surface area contributed by atoms with Gasteiger partial charge in [-0.25, -0.2) is 0 Å². The molecule has 3 rings (SSSR count). The van der Waals surface area contributed by atoms with E-state index >= 15 is 0 Å². The highest BCUT2D eigenvalue weighted by Gasteiger charge is 2.09. The summed E-state index contributed by atoms with van der Waals surface area (Å²) in [4.78, 5) is 0. The van der Waals surface area contributed by atoms with Crippen LogP contribution in [0.4, 0.5) is 0 Å². The summed E-state index contributed by atoms with van der Waals surface area (Å²) in [5, 5.41) is 16.2. The van der Waals surface area contributed by atoms with E-state index in [9.17, 15) is 0 Å². The van der Waals surface area contributed by atoms with Crippen LogP contribution < -0.4 is 10.1 Å². The molecule has 0 unspecified atom stereocenters. The van der Waals surface area contributed by atoms with Gasteiger partial charge in [-0.05, 0) is 72.1 Å². The number of para-hydroxylation sites is 1. The predicted octanol–water partition coefficient (Wildman–Crippen LogP) is 4.08. The zero-order chi connectivity index (χ0) is 18.4. The van der Waals surface area contributed by atoms with Crippen molar-refractivity contribution >= 4 is 43.6 Å². The second-order valence-electron chi connectivity index (χ2n) is 5.33. The summed E-state index contributed by atoms with van der Waals surface area (Å²) >= 11 is 8.67. The van der Waals surface area contributed by atoms with Crippen molar-refractivity contribution in [1.82, 2.24) is 25.5 Å². The van der Waals surface area contributed by atoms with Gasteiger partial charge in [0, 0.05) is 18.8 Å². The average Bonchev–Trinajstić information content (AvgIpc) is 3.10. The van der Waals surface area contributed by atoms with Gasteiger partial charge in [-0.15, -0.1) is 5.10 Å². The third kappa shape index (κ3) is 4.85. The van der Waals surface area contributed by atoms with Crippen LogP contribution >= 0.6 is 43.6 Å². The van der Waals surface area contributed by atoms with E-state index in [1.165, 1.54) is 5.56 Å². The third-order valence-electron chi connectivity index (χ3n) is 3.54. The van der Waals surface area contributed by atoms with Gasteiger partial charge < -0.3 is 10.1 Å². The highest BCUT2D eigenvalue weighted by atomic mass is 79.9. The van der Waals surface area contributed by atoms with E-state index in [-0.39, 0.29) is 0 Å². The number of hydrogen-bond donors (Lipinski definition) is 1. The van der Waals surface area contributed by atoms with E-state index < -0.39 is 0 Å². The molecule has 0 spiro atoms. The molecule has 0 atom stereocenters. The fourth-order valence-electron chi connectivity index (χ4n) is 2.36. The molecule has 3 aromatic rings. The molecule has 26 heavy (non-hydrogen) atoms. The topological polar surface area (TPSA) is 64.9 Å². The van der Waals surface area contributed by atoms with E-state index in [2.05, 4.69) is 64.8 Å². The second-order valence-corrected chi connectivity index (χ2v) is 8.10. The summed E-state index contributed by atoms with van der Waals surface area (Å²) in [6.07, 6.45) is 0. The molecule has 1 heterocycles. The number of nitrogens with zero attached hydrogens (tertiary/aromatic N) is 4. The summed E-state index contributed by atoms with van der Waals surface area (Å²) < 4.78 is 8.94. The van der Waals surface area contributed by atoms with Crippen LogP contribution in [0.25, 0.3) is 5.69 Å². The summed E-state index contributed by atoms with van der Waals surface area (Å²) in [6, 6.07) is 14.0. The van der Waals surface area contributed by atoms with E-state index in [1.807, 2.05) is 30.3 Å². The number of nitrogens with one attached hydrogen (secondary N) is 1. The number of halogens is 2. The fraction of sp³-hybridized carbons (Fsp3) is 0.235. The van der Waals surface area contributed by atoms with Gasteiger partial charge in [0.15, 0.2) is 0 Å². The lowest BCUT2D eigenvalue weighted by Crippen LogP contribution is -2.17. The highest BCUT2D eigenvalue weighted by molar-refractivity contribution is 9.11. The van der Waals surface area contributed by atoms with Crippen molar-refractivity contribution in [2.45, 2.75) is 11.7 Å². The minimum atomic E-state index is 0.769.